The highest BCUT2D eigenvalue weighted by atomic mass is 16.6. The summed E-state index contributed by atoms with van der Waals surface area (Å²) < 4.78 is 5.31. The summed E-state index contributed by atoms with van der Waals surface area (Å²) in [4.78, 5) is 21.6. The van der Waals surface area contributed by atoms with Gasteiger partial charge in [-0.15, -0.1) is 0 Å². The van der Waals surface area contributed by atoms with Crippen molar-refractivity contribution in [3.05, 3.63) is 39.4 Å². The number of nitrogens with one attached hydrogen (secondary N) is 1. The number of carbonyl (C=O) groups is 1. The molecule has 1 aromatic carbocycles. The lowest BCUT2D eigenvalue weighted by molar-refractivity contribution is -0.385. The van der Waals surface area contributed by atoms with Crippen molar-refractivity contribution in [1.29, 1.82) is 0 Å². The average molecular weight is 294 g/mol. The molecule has 0 atom stereocenters. The summed E-state index contributed by atoms with van der Waals surface area (Å²) in [5.74, 6) is -1.28. The van der Waals surface area contributed by atoms with Gasteiger partial charge in [0.1, 0.15) is 5.56 Å². The number of nitrogens with zero attached hydrogens (tertiary/aromatic N) is 1. The Bertz CT molecular complexity index is 552. The van der Waals surface area contributed by atoms with Crippen LogP contribution in [0.15, 0.2) is 18.2 Å². The lowest BCUT2D eigenvalue weighted by Crippen LogP contribution is -2.46. The Morgan fingerprint density at radius 1 is 1.48 bits per heavy atom. The van der Waals surface area contributed by atoms with Crippen molar-refractivity contribution in [1.82, 2.24) is 5.32 Å². The minimum Gasteiger partial charge on any atom is -0.477 e. The molecule has 0 amide bonds. The smallest absolute Gasteiger partial charge is 0.343 e. The van der Waals surface area contributed by atoms with Gasteiger partial charge in [0.05, 0.1) is 4.92 Å². The summed E-state index contributed by atoms with van der Waals surface area (Å²) in [5.41, 5.74) is -0.340. The molecule has 0 saturated carbocycles. The third-order valence-electron chi connectivity index (χ3n) is 3.84. The molecule has 114 valence electrons. The third kappa shape index (κ3) is 3.56. The molecule has 0 radical (unpaired) electrons. The number of carboxylic acids is 1. The summed E-state index contributed by atoms with van der Waals surface area (Å²) in [5, 5.41) is 23.5. The van der Waals surface area contributed by atoms with Crippen molar-refractivity contribution in [2.24, 2.45) is 0 Å². The number of nitro benzene ring substituents is 1. The van der Waals surface area contributed by atoms with Crippen LogP contribution in [0.3, 0.4) is 0 Å². The Labute approximate surface area is 122 Å². The minimum atomic E-state index is -1.28. The van der Waals surface area contributed by atoms with E-state index in [4.69, 9.17) is 4.74 Å². The zero-order chi connectivity index (χ0) is 15.5. The molecule has 2 rings (SSSR count). The number of benzene rings is 1. The maximum absolute atomic E-state index is 11.3. The standard InChI is InChI=1S/C14H18N2O5/c1-14(5-7-21-8-6-14)15-9-10-3-2-4-11(16(19)20)12(10)13(17)18/h2-4,15H,5-9H2,1H3,(H,17,18). The predicted molar refractivity (Wildman–Crippen MR) is 75.4 cm³/mol. The number of rotatable bonds is 5. The number of nitro groups is 1. The van der Waals surface area contributed by atoms with Crippen LogP contribution < -0.4 is 5.32 Å². The zero-order valence-electron chi connectivity index (χ0n) is 11.8. The van der Waals surface area contributed by atoms with Crippen molar-refractivity contribution < 1.29 is 19.6 Å². The van der Waals surface area contributed by atoms with E-state index in [-0.39, 0.29) is 23.3 Å². The normalized spacial score (nSPS) is 17.4. The van der Waals surface area contributed by atoms with Crippen LogP contribution in [0.25, 0.3) is 0 Å². The van der Waals surface area contributed by atoms with E-state index in [9.17, 15) is 20.0 Å². The number of ether oxygens (including phenoxy) is 1. The van der Waals surface area contributed by atoms with Gasteiger partial charge in [0.2, 0.25) is 0 Å². The number of carboxylic acid groups (broad SMARTS) is 1. The van der Waals surface area contributed by atoms with Gasteiger partial charge in [0.25, 0.3) is 5.69 Å². The van der Waals surface area contributed by atoms with Gasteiger partial charge in [-0.2, -0.15) is 0 Å². The fourth-order valence-electron chi connectivity index (χ4n) is 2.44. The van der Waals surface area contributed by atoms with Crippen LogP contribution in [0, 0.1) is 10.1 Å². The van der Waals surface area contributed by atoms with E-state index in [1.807, 2.05) is 6.92 Å². The quantitative estimate of drug-likeness (QED) is 0.635. The van der Waals surface area contributed by atoms with Crippen LogP contribution in [-0.4, -0.2) is 34.8 Å². The lowest BCUT2D eigenvalue weighted by Gasteiger charge is -2.34. The zero-order valence-corrected chi connectivity index (χ0v) is 11.8. The molecule has 0 aliphatic carbocycles. The van der Waals surface area contributed by atoms with Crippen LogP contribution in [0.2, 0.25) is 0 Å². The highest BCUT2D eigenvalue weighted by molar-refractivity contribution is 5.94. The number of hydrogen-bond donors (Lipinski definition) is 2. The first-order valence-corrected chi connectivity index (χ1v) is 6.75. The van der Waals surface area contributed by atoms with E-state index >= 15 is 0 Å². The third-order valence-corrected chi connectivity index (χ3v) is 3.84. The van der Waals surface area contributed by atoms with Gasteiger partial charge in [0.15, 0.2) is 0 Å². The largest absolute Gasteiger partial charge is 0.477 e. The monoisotopic (exact) mass is 294 g/mol. The molecule has 1 saturated heterocycles. The van der Waals surface area contributed by atoms with Crippen LogP contribution in [0.5, 0.6) is 0 Å². The van der Waals surface area contributed by atoms with E-state index in [1.54, 1.807) is 6.07 Å². The van der Waals surface area contributed by atoms with E-state index in [1.165, 1.54) is 12.1 Å². The fraction of sp³-hybridized carbons (Fsp3) is 0.500. The Morgan fingerprint density at radius 3 is 2.71 bits per heavy atom. The SMILES string of the molecule is CC1(NCc2cccc([N+](=O)[O-])c2C(=O)O)CCOCC1. The minimum absolute atomic E-state index is 0.140. The summed E-state index contributed by atoms with van der Waals surface area (Å²) in [6.07, 6.45) is 1.65. The van der Waals surface area contributed by atoms with Gasteiger partial charge in [-0.3, -0.25) is 10.1 Å². The highest BCUT2D eigenvalue weighted by Gasteiger charge is 2.28. The first kappa shape index (κ1) is 15.4. The van der Waals surface area contributed by atoms with Crippen LogP contribution in [-0.2, 0) is 11.3 Å². The summed E-state index contributed by atoms with van der Waals surface area (Å²) in [6.45, 7) is 3.64. The molecule has 2 N–H and O–H groups in total. The van der Waals surface area contributed by atoms with Gasteiger partial charge >= 0.3 is 5.97 Å². The van der Waals surface area contributed by atoms with Gasteiger partial charge in [-0.25, -0.2) is 4.79 Å². The first-order chi connectivity index (χ1) is 9.93. The topological polar surface area (TPSA) is 102 Å². The molecule has 0 spiro atoms. The van der Waals surface area contributed by atoms with Crippen LogP contribution in [0.4, 0.5) is 5.69 Å². The second kappa shape index (κ2) is 6.19. The highest BCUT2D eigenvalue weighted by Crippen LogP contribution is 2.25. The van der Waals surface area contributed by atoms with E-state index in [2.05, 4.69) is 5.32 Å². The van der Waals surface area contributed by atoms with Crippen molar-refractivity contribution in [2.75, 3.05) is 13.2 Å². The van der Waals surface area contributed by atoms with Gasteiger partial charge in [-0.1, -0.05) is 12.1 Å². The summed E-state index contributed by atoms with van der Waals surface area (Å²) in [6, 6.07) is 4.32. The molecule has 0 unspecified atom stereocenters. The van der Waals surface area contributed by atoms with Gasteiger partial charge in [0, 0.05) is 31.4 Å². The molecular weight excluding hydrogens is 276 g/mol. The first-order valence-electron chi connectivity index (χ1n) is 6.75. The Morgan fingerprint density at radius 2 is 2.14 bits per heavy atom. The van der Waals surface area contributed by atoms with Crippen molar-refractivity contribution in [2.45, 2.75) is 31.8 Å². The second-order valence-electron chi connectivity index (χ2n) is 5.40. The van der Waals surface area contributed by atoms with Crippen LogP contribution in [0.1, 0.15) is 35.7 Å². The predicted octanol–water partition coefficient (Wildman–Crippen LogP) is 1.95. The molecular formula is C14H18N2O5. The summed E-state index contributed by atoms with van der Waals surface area (Å²) >= 11 is 0. The van der Waals surface area contributed by atoms with Crippen molar-refractivity contribution in [3.8, 4) is 0 Å². The Hall–Kier alpha value is -1.99. The fourth-order valence-corrected chi connectivity index (χ4v) is 2.44. The molecule has 7 heteroatoms. The maximum Gasteiger partial charge on any atom is 0.343 e. The lowest BCUT2D eigenvalue weighted by atomic mass is 9.92. The van der Waals surface area contributed by atoms with Crippen molar-refractivity contribution in [3.63, 3.8) is 0 Å². The molecule has 1 aliphatic rings. The number of hydrogen-bond acceptors (Lipinski definition) is 5. The van der Waals surface area contributed by atoms with E-state index in [0.717, 1.165) is 12.8 Å². The molecule has 7 nitrogen and oxygen atoms in total. The molecule has 1 aliphatic heterocycles. The van der Waals surface area contributed by atoms with Crippen LogP contribution >= 0.6 is 0 Å². The molecule has 1 fully saturated rings. The average Bonchev–Trinajstić information content (AvgIpc) is 2.45. The van der Waals surface area contributed by atoms with Crippen molar-refractivity contribution >= 4 is 11.7 Å². The molecule has 0 bridgehead atoms. The van der Waals surface area contributed by atoms with Gasteiger partial charge < -0.3 is 15.2 Å². The molecule has 0 aromatic heterocycles. The van der Waals surface area contributed by atoms with E-state index in [0.29, 0.717) is 18.8 Å². The molecule has 21 heavy (non-hydrogen) atoms. The maximum atomic E-state index is 11.3. The molecule has 1 aromatic rings. The molecule has 1 heterocycles. The Kier molecular flexibility index (Phi) is 4.54. The van der Waals surface area contributed by atoms with E-state index < -0.39 is 10.9 Å². The second-order valence-corrected chi connectivity index (χ2v) is 5.40. The Balaban J connectivity index is 2.21. The summed E-state index contributed by atoms with van der Waals surface area (Å²) in [7, 11) is 0. The number of aromatic carboxylic acids is 1. The van der Waals surface area contributed by atoms with Gasteiger partial charge in [-0.05, 0) is 25.3 Å².